The third-order valence-corrected chi connectivity index (χ3v) is 6.32. The van der Waals surface area contributed by atoms with Crippen molar-refractivity contribution in [3.8, 4) is 22.8 Å². The van der Waals surface area contributed by atoms with Gasteiger partial charge < -0.3 is 24.7 Å². The second kappa shape index (κ2) is 10.8. The van der Waals surface area contributed by atoms with Gasteiger partial charge in [-0.3, -0.25) is 20.2 Å². The SMILES string of the molecule is COc1cc(Nc2cc([N+](=O)[O-])c(F)cc2OC)c([N+](=O)[O-])cc1Nc1nccc(-c2cn(C)c3ccccc23)n1. The summed E-state index contributed by atoms with van der Waals surface area (Å²) in [4.78, 5) is 30.6. The molecular weight excluding hydrogens is 537 g/mol. The van der Waals surface area contributed by atoms with Gasteiger partial charge in [-0.05, 0) is 12.1 Å². The molecule has 0 fully saturated rings. The van der Waals surface area contributed by atoms with E-state index < -0.39 is 27.0 Å². The zero-order chi connectivity index (χ0) is 29.3. The Kier molecular flexibility index (Phi) is 7.04. The van der Waals surface area contributed by atoms with Gasteiger partial charge in [0.1, 0.15) is 17.2 Å². The highest BCUT2D eigenvalue weighted by Crippen LogP contribution is 2.41. The Hall–Kier alpha value is -5.79. The van der Waals surface area contributed by atoms with E-state index in [1.807, 2.05) is 42.1 Å². The number of fused-ring (bicyclic) bond motifs is 1. The number of nitro benzene ring substituents is 2. The van der Waals surface area contributed by atoms with Crippen LogP contribution in [0.15, 0.2) is 67.0 Å². The Morgan fingerprint density at radius 1 is 0.878 bits per heavy atom. The molecule has 13 nitrogen and oxygen atoms in total. The number of halogens is 1. The lowest BCUT2D eigenvalue weighted by Crippen LogP contribution is -2.04. The first-order chi connectivity index (χ1) is 19.7. The fourth-order valence-electron chi connectivity index (χ4n) is 4.42. The van der Waals surface area contributed by atoms with E-state index in [-0.39, 0.29) is 34.5 Å². The van der Waals surface area contributed by atoms with E-state index in [1.165, 1.54) is 26.4 Å². The summed E-state index contributed by atoms with van der Waals surface area (Å²) in [5.74, 6) is -0.871. The van der Waals surface area contributed by atoms with Crippen LogP contribution in [0, 0.1) is 26.0 Å². The molecule has 0 aliphatic carbocycles. The van der Waals surface area contributed by atoms with Gasteiger partial charge in [0.15, 0.2) is 0 Å². The van der Waals surface area contributed by atoms with Gasteiger partial charge in [-0.2, -0.15) is 4.39 Å². The number of aryl methyl sites for hydroxylation is 1. The Labute approximate surface area is 231 Å². The van der Waals surface area contributed by atoms with Gasteiger partial charge in [0.2, 0.25) is 11.8 Å². The number of para-hydroxylation sites is 1. The smallest absolute Gasteiger partial charge is 0.307 e. The van der Waals surface area contributed by atoms with E-state index >= 15 is 0 Å². The Balaban J connectivity index is 1.53. The molecule has 2 aromatic heterocycles. The van der Waals surface area contributed by atoms with Crippen LogP contribution in [0.1, 0.15) is 0 Å². The van der Waals surface area contributed by atoms with Crippen molar-refractivity contribution in [3.05, 3.63) is 93.0 Å². The summed E-state index contributed by atoms with van der Waals surface area (Å²) in [6, 6.07) is 13.9. The predicted molar refractivity (Wildman–Crippen MR) is 150 cm³/mol. The van der Waals surface area contributed by atoms with Crippen LogP contribution in [0.3, 0.4) is 0 Å². The van der Waals surface area contributed by atoms with Crippen LogP contribution in [0.5, 0.6) is 11.5 Å². The zero-order valence-electron chi connectivity index (χ0n) is 21.9. The average Bonchev–Trinajstić information content (AvgIpc) is 3.30. The lowest BCUT2D eigenvalue weighted by atomic mass is 10.1. The standard InChI is InChI=1S/C27H22FN7O6/c1-33-14-16(15-6-4-5-7-22(15)33)18-8-9-29-27(31-18)32-21-12-24(35(38)39)19(13-26(21)41-3)30-20-11-23(34(36)37)17(28)10-25(20)40-2/h4-14,30H,1-3H3,(H,29,31,32). The van der Waals surface area contributed by atoms with Gasteiger partial charge in [0.25, 0.3) is 5.69 Å². The van der Waals surface area contributed by atoms with E-state index in [1.54, 1.807) is 12.3 Å². The second-order valence-corrected chi connectivity index (χ2v) is 8.77. The zero-order valence-corrected chi connectivity index (χ0v) is 21.9. The summed E-state index contributed by atoms with van der Waals surface area (Å²) in [6.07, 6.45) is 3.52. The van der Waals surface area contributed by atoms with Crippen molar-refractivity contribution in [1.82, 2.24) is 14.5 Å². The van der Waals surface area contributed by atoms with Crippen molar-refractivity contribution < 1.29 is 23.7 Å². The van der Waals surface area contributed by atoms with E-state index in [0.717, 1.165) is 28.6 Å². The molecule has 0 atom stereocenters. The molecule has 0 saturated heterocycles. The number of rotatable bonds is 9. The molecule has 0 amide bonds. The lowest BCUT2D eigenvalue weighted by molar-refractivity contribution is -0.387. The van der Waals surface area contributed by atoms with Crippen LogP contribution in [0.25, 0.3) is 22.2 Å². The summed E-state index contributed by atoms with van der Waals surface area (Å²) in [7, 11) is 4.54. The first-order valence-electron chi connectivity index (χ1n) is 12.0. The highest BCUT2D eigenvalue weighted by molar-refractivity contribution is 5.95. The number of nitrogens with zero attached hydrogens (tertiary/aromatic N) is 5. The molecule has 0 bridgehead atoms. The quantitative estimate of drug-likeness (QED) is 0.160. The van der Waals surface area contributed by atoms with Crippen molar-refractivity contribution >= 4 is 45.3 Å². The van der Waals surface area contributed by atoms with Crippen molar-refractivity contribution in [2.45, 2.75) is 0 Å². The number of methoxy groups -OCH3 is 2. The fraction of sp³-hybridized carbons (Fsp3) is 0.111. The number of anilines is 4. The number of nitro groups is 2. The van der Waals surface area contributed by atoms with Gasteiger partial charge in [-0.1, -0.05) is 18.2 Å². The monoisotopic (exact) mass is 559 g/mol. The first-order valence-corrected chi connectivity index (χ1v) is 12.0. The first kappa shape index (κ1) is 26.8. The van der Waals surface area contributed by atoms with E-state index in [2.05, 4.69) is 20.6 Å². The summed E-state index contributed by atoms with van der Waals surface area (Å²) in [5.41, 5.74) is 1.36. The van der Waals surface area contributed by atoms with Crippen molar-refractivity contribution in [2.75, 3.05) is 24.9 Å². The maximum Gasteiger partial charge on any atom is 0.307 e. The Morgan fingerprint density at radius 3 is 2.24 bits per heavy atom. The molecule has 0 unspecified atom stereocenters. The summed E-state index contributed by atoms with van der Waals surface area (Å²) in [5, 5.41) is 30.0. The van der Waals surface area contributed by atoms with Crippen LogP contribution in [0.2, 0.25) is 0 Å². The number of benzene rings is 3. The fourth-order valence-corrected chi connectivity index (χ4v) is 4.42. The van der Waals surface area contributed by atoms with Crippen LogP contribution in [-0.2, 0) is 7.05 Å². The third-order valence-electron chi connectivity index (χ3n) is 6.32. The summed E-state index contributed by atoms with van der Waals surface area (Å²) < 4.78 is 26.7. The molecular formula is C27H22FN7O6. The molecule has 2 heterocycles. The van der Waals surface area contributed by atoms with Gasteiger partial charge in [-0.15, -0.1) is 0 Å². The average molecular weight is 560 g/mol. The molecule has 0 aliphatic heterocycles. The minimum absolute atomic E-state index is 0.0578. The van der Waals surface area contributed by atoms with E-state index in [9.17, 15) is 24.6 Å². The maximum atomic E-state index is 14.1. The molecule has 41 heavy (non-hydrogen) atoms. The molecule has 208 valence electrons. The minimum Gasteiger partial charge on any atom is -0.494 e. The number of nitrogens with one attached hydrogen (secondary N) is 2. The largest absolute Gasteiger partial charge is 0.494 e. The number of ether oxygens (including phenoxy) is 2. The summed E-state index contributed by atoms with van der Waals surface area (Å²) >= 11 is 0. The molecule has 14 heteroatoms. The molecule has 3 aromatic carbocycles. The topological polar surface area (TPSA) is 160 Å². The lowest BCUT2D eigenvalue weighted by Gasteiger charge is -2.15. The third kappa shape index (κ3) is 5.13. The van der Waals surface area contributed by atoms with Crippen LogP contribution in [-0.4, -0.2) is 38.6 Å². The van der Waals surface area contributed by atoms with Crippen molar-refractivity contribution in [2.24, 2.45) is 7.05 Å². The molecule has 0 aliphatic rings. The highest BCUT2D eigenvalue weighted by Gasteiger charge is 2.24. The Bertz CT molecular complexity index is 1820. The van der Waals surface area contributed by atoms with Crippen LogP contribution >= 0.6 is 0 Å². The predicted octanol–water partition coefficient (Wildman–Crippen LogP) is 6.10. The summed E-state index contributed by atoms with van der Waals surface area (Å²) in [6.45, 7) is 0. The van der Waals surface area contributed by atoms with Gasteiger partial charge >= 0.3 is 5.69 Å². The maximum absolute atomic E-state index is 14.1. The van der Waals surface area contributed by atoms with Gasteiger partial charge in [-0.25, -0.2) is 9.97 Å². The minimum atomic E-state index is -1.12. The van der Waals surface area contributed by atoms with Crippen molar-refractivity contribution in [1.29, 1.82) is 0 Å². The number of aromatic nitrogens is 3. The van der Waals surface area contributed by atoms with Crippen LogP contribution in [0.4, 0.5) is 38.8 Å². The Morgan fingerprint density at radius 2 is 1.54 bits per heavy atom. The molecule has 2 N–H and O–H groups in total. The normalized spacial score (nSPS) is 10.8. The molecule has 0 spiro atoms. The molecule has 0 radical (unpaired) electrons. The highest BCUT2D eigenvalue weighted by atomic mass is 19.1. The van der Waals surface area contributed by atoms with Gasteiger partial charge in [0.05, 0.1) is 41.1 Å². The molecule has 5 rings (SSSR count). The number of hydrogen-bond acceptors (Lipinski definition) is 10. The van der Waals surface area contributed by atoms with E-state index in [4.69, 9.17) is 9.47 Å². The van der Waals surface area contributed by atoms with Gasteiger partial charge in [0, 0.05) is 60.2 Å². The van der Waals surface area contributed by atoms with E-state index in [0.29, 0.717) is 5.69 Å². The van der Waals surface area contributed by atoms with Crippen LogP contribution < -0.4 is 20.1 Å². The second-order valence-electron chi connectivity index (χ2n) is 8.77. The van der Waals surface area contributed by atoms with Crippen molar-refractivity contribution in [3.63, 3.8) is 0 Å². The molecule has 0 saturated carbocycles. The number of hydrogen-bond donors (Lipinski definition) is 2. The molecule has 5 aromatic rings.